The zero-order chi connectivity index (χ0) is 16.7. The fraction of sp³-hybridized carbons (Fsp3) is 0.400. The lowest BCUT2D eigenvalue weighted by Crippen LogP contribution is -2.09. The van der Waals surface area contributed by atoms with Gasteiger partial charge in [-0.05, 0) is 55.2 Å². The van der Waals surface area contributed by atoms with Crippen LogP contribution in [0, 0.1) is 12.8 Å². The quantitative estimate of drug-likeness (QED) is 0.692. The molecule has 24 heavy (non-hydrogen) atoms. The Morgan fingerprint density at radius 1 is 1.29 bits per heavy atom. The van der Waals surface area contributed by atoms with Crippen LogP contribution in [-0.4, -0.2) is 9.97 Å². The lowest BCUT2D eigenvalue weighted by Gasteiger charge is -2.19. The average molecular weight is 337 g/mol. The molecule has 1 aromatic carbocycles. The van der Waals surface area contributed by atoms with Crippen LogP contribution in [-0.2, 0) is 19.3 Å². The normalized spacial score (nSPS) is 17.0. The van der Waals surface area contributed by atoms with Gasteiger partial charge in [-0.1, -0.05) is 32.0 Å². The van der Waals surface area contributed by atoms with E-state index < -0.39 is 0 Å². The molecular weight excluding hydrogens is 314 g/mol. The predicted octanol–water partition coefficient (Wildman–Crippen LogP) is 5.43. The minimum absolute atomic E-state index is 0.776. The van der Waals surface area contributed by atoms with Crippen LogP contribution < -0.4 is 5.32 Å². The zero-order valence-corrected chi connectivity index (χ0v) is 15.3. The molecule has 1 aliphatic carbocycles. The largest absolute Gasteiger partial charge is 0.339 e. The summed E-state index contributed by atoms with van der Waals surface area (Å²) in [5.74, 6) is 1.74. The van der Waals surface area contributed by atoms with E-state index in [1.807, 2.05) is 11.3 Å². The Hall–Kier alpha value is -1.94. The third kappa shape index (κ3) is 2.59. The zero-order valence-electron chi connectivity index (χ0n) is 14.5. The van der Waals surface area contributed by atoms with Gasteiger partial charge in [0.15, 0.2) is 0 Å². The van der Waals surface area contributed by atoms with E-state index in [1.165, 1.54) is 45.5 Å². The number of para-hydroxylation sites is 1. The van der Waals surface area contributed by atoms with Gasteiger partial charge in [0.25, 0.3) is 0 Å². The molecule has 0 spiro atoms. The van der Waals surface area contributed by atoms with Gasteiger partial charge in [0, 0.05) is 10.6 Å². The highest BCUT2D eigenvalue weighted by Gasteiger charge is 2.23. The van der Waals surface area contributed by atoms with Crippen molar-refractivity contribution in [2.75, 3.05) is 5.32 Å². The van der Waals surface area contributed by atoms with Gasteiger partial charge < -0.3 is 5.32 Å². The number of aromatic nitrogens is 2. The summed E-state index contributed by atoms with van der Waals surface area (Å²) in [5.41, 5.74) is 5.27. The summed E-state index contributed by atoms with van der Waals surface area (Å²) in [4.78, 5) is 11.8. The van der Waals surface area contributed by atoms with Gasteiger partial charge in [-0.25, -0.2) is 9.97 Å². The molecule has 2 aromatic heterocycles. The number of nitrogens with zero attached hydrogens (tertiary/aromatic N) is 2. The molecule has 0 amide bonds. The number of hydrogen-bond acceptors (Lipinski definition) is 4. The molecule has 1 atom stereocenters. The van der Waals surface area contributed by atoms with E-state index in [2.05, 4.69) is 54.3 Å². The Morgan fingerprint density at radius 2 is 2.17 bits per heavy atom. The standard InChI is InChI=1S/C20H23N3S/c1-4-14-7-5-6-13(3)18(14)23-19-17-15-9-8-12(2)10-16(15)24-20(17)22-11-21-19/h5-7,11-12H,4,8-10H2,1-3H3,(H,21,22,23). The van der Waals surface area contributed by atoms with Gasteiger partial charge in [-0.2, -0.15) is 0 Å². The topological polar surface area (TPSA) is 37.8 Å². The van der Waals surface area contributed by atoms with Crippen molar-refractivity contribution in [3.8, 4) is 0 Å². The van der Waals surface area contributed by atoms with E-state index >= 15 is 0 Å². The first-order valence-electron chi connectivity index (χ1n) is 8.78. The van der Waals surface area contributed by atoms with Gasteiger partial charge >= 0.3 is 0 Å². The Labute approximate surface area is 147 Å². The highest BCUT2D eigenvalue weighted by molar-refractivity contribution is 7.19. The molecule has 1 unspecified atom stereocenters. The molecule has 1 aliphatic rings. The van der Waals surface area contributed by atoms with Crippen molar-refractivity contribution in [3.63, 3.8) is 0 Å². The maximum Gasteiger partial charge on any atom is 0.142 e. The van der Waals surface area contributed by atoms with Crippen LogP contribution in [0.3, 0.4) is 0 Å². The molecular formula is C20H23N3S. The first-order valence-corrected chi connectivity index (χ1v) is 9.59. The van der Waals surface area contributed by atoms with Gasteiger partial charge in [0.2, 0.25) is 0 Å². The van der Waals surface area contributed by atoms with Crippen LogP contribution >= 0.6 is 11.3 Å². The van der Waals surface area contributed by atoms with Gasteiger partial charge in [0.05, 0.1) is 5.39 Å². The van der Waals surface area contributed by atoms with Crippen LogP contribution in [0.2, 0.25) is 0 Å². The monoisotopic (exact) mass is 337 g/mol. The Bertz CT molecular complexity index is 897. The van der Waals surface area contributed by atoms with Crippen molar-refractivity contribution in [2.24, 2.45) is 5.92 Å². The Kier molecular flexibility index (Phi) is 4.01. The Balaban J connectivity index is 1.84. The lowest BCUT2D eigenvalue weighted by atomic mass is 9.89. The van der Waals surface area contributed by atoms with E-state index in [-0.39, 0.29) is 0 Å². The first kappa shape index (κ1) is 15.6. The predicted molar refractivity (Wildman–Crippen MR) is 102 cm³/mol. The molecule has 3 aromatic rings. The number of nitrogens with one attached hydrogen (secondary N) is 1. The van der Waals surface area contributed by atoms with Crippen LogP contribution in [0.15, 0.2) is 24.5 Å². The molecule has 1 N–H and O–H groups in total. The number of hydrogen-bond donors (Lipinski definition) is 1. The number of aryl methyl sites for hydroxylation is 3. The summed E-state index contributed by atoms with van der Waals surface area (Å²) in [5, 5.41) is 4.88. The molecule has 0 bridgehead atoms. The summed E-state index contributed by atoms with van der Waals surface area (Å²) in [6.45, 7) is 6.70. The van der Waals surface area contributed by atoms with Crippen molar-refractivity contribution in [3.05, 3.63) is 46.1 Å². The van der Waals surface area contributed by atoms with Gasteiger partial charge in [-0.3, -0.25) is 0 Å². The van der Waals surface area contributed by atoms with Crippen molar-refractivity contribution in [1.82, 2.24) is 9.97 Å². The fourth-order valence-corrected chi connectivity index (χ4v) is 5.04. The minimum Gasteiger partial charge on any atom is -0.339 e. The third-order valence-electron chi connectivity index (χ3n) is 5.08. The van der Waals surface area contributed by atoms with Crippen LogP contribution in [0.4, 0.5) is 11.5 Å². The number of thiophene rings is 1. The Morgan fingerprint density at radius 3 is 3.00 bits per heavy atom. The molecule has 4 heteroatoms. The summed E-state index contributed by atoms with van der Waals surface area (Å²) in [6, 6.07) is 6.48. The summed E-state index contributed by atoms with van der Waals surface area (Å²) in [7, 11) is 0. The smallest absolute Gasteiger partial charge is 0.142 e. The van der Waals surface area contributed by atoms with E-state index in [9.17, 15) is 0 Å². The number of rotatable bonds is 3. The van der Waals surface area contributed by atoms with Crippen molar-refractivity contribution < 1.29 is 0 Å². The van der Waals surface area contributed by atoms with E-state index in [4.69, 9.17) is 0 Å². The summed E-state index contributed by atoms with van der Waals surface area (Å²) < 4.78 is 0. The van der Waals surface area contributed by atoms with Gasteiger partial charge in [0.1, 0.15) is 17.0 Å². The molecule has 0 aliphatic heterocycles. The lowest BCUT2D eigenvalue weighted by molar-refractivity contribution is 0.509. The SMILES string of the molecule is CCc1cccc(C)c1Nc1ncnc2sc3c(c12)CCC(C)C3. The number of fused-ring (bicyclic) bond motifs is 3. The molecule has 0 saturated heterocycles. The molecule has 0 radical (unpaired) electrons. The number of anilines is 2. The minimum atomic E-state index is 0.776. The van der Waals surface area contributed by atoms with Crippen LogP contribution in [0.1, 0.15) is 41.8 Å². The maximum atomic E-state index is 4.60. The molecule has 4 rings (SSSR count). The summed E-state index contributed by atoms with van der Waals surface area (Å²) >= 11 is 1.85. The second-order valence-electron chi connectivity index (χ2n) is 6.84. The molecule has 0 saturated carbocycles. The van der Waals surface area contributed by atoms with Crippen LogP contribution in [0.5, 0.6) is 0 Å². The second-order valence-corrected chi connectivity index (χ2v) is 7.93. The maximum absolute atomic E-state index is 4.60. The first-order chi connectivity index (χ1) is 11.7. The van der Waals surface area contributed by atoms with Crippen molar-refractivity contribution in [2.45, 2.75) is 46.5 Å². The second kappa shape index (κ2) is 6.17. The highest BCUT2D eigenvalue weighted by atomic mass is 32.1. The molecule has 3 nitrogen and oxygen atoms in total. The van der Waals surface area contributed by atoms with Crippen LogP contribution in [0.25, 0.3) is 10.2 Å². The van der Waals surface area contributed by atoms with Gasteiger partial charge in [-0.15, -0.1) is 11.3 Å². The third-order valence-corrected chi connectivity index (χ3v) is 6.24. The average Bonchev–Trinajstić information content (AvgIpc) is 2.94. The van der Waals surface area contributed by atoms with E-state index in [0.717, 1.165) is 29.4 Å². The fourth-order valence-electron chi connectivity index (χ4n) is 3.69. The molecule has 0 fully saturated rings. The van der Waals surface area contributed by atoms with E-state index in [1.54, 1.807) is 6.33 Å². The van der Waals surface area contributed by atoms with Crippen molar-refractivity contribution in [1.29, 1.82) is 0 Å². The summed E-state index contributed by atoms with van der Waals surface area (Å²) in [6.07, 6.45) is 6.29. The molecule has 124 valence electrons. The molecule has 2 heterocycles. The van der Waals surface area contributed by atoms with E-state index in [0.29, 0.717) is 0 Å². The van der Waals surface area contributed by atoms with Crippen molar-refractivity contribution >= 4 is 33.1 Å². The number of benzene rings is 1. The highest BCUT2D eigenvalue weighted by Crippen LogP contribution is 2.40.